The molecule has 0 radical (unpaired) electrons. The van der Waals surface area contributed by atoms with Gasteiger partial charge in [-0.05, 0) is 65.7 Å². The SMILES string of the molecule is COc1cccc(OC)c1-c1ccc2c(c1)sc(C=C1C=CN(Cc3ccc(CN4CCN(C)CC4)cc3)c3ccccc31)[n+]2C. The van der Waals surface area contributed by atoms with Gasteiger partial charge in [-0.2, -0.15) is 4.57 Å². The Hall–Kier alpha value is -4.43. The summed E-state index contributed by atoms with van der Waals surface area (Å²) in [6.45, 7) is 6.44. The maximum absolute atomic E-state index is 5.69. The number of para-hydroxylation sites is 1. The molecule has 5 aromatic rings. The lowest BCUT2D eigenvalue weighted by molar-refractivity contribution is -0.642. The Labute approximate surface area is 276 Å². The van der Waals surface area contributed by atoms with E-state index in [4.69, 9.17) is 9.47 Å². The average Bonchev–Trinajstić information content (AvgIpc) is 3.40. The maximum atomic E-state index is 5.69. The van der Waals surface area contributed by atoms with Crippen LogP contribution in [0.15, 0.2) is 97.2 Å². The number of anilines is 1. The first-order valence-electron chi connectivity index (χ1n) is 15.9. The molecule has 7 heteroatoms. The van der Waals surface area contributed by atoms with Crippen LogP contribution in [0.5, 0.6) is 11.5 Å². The van der Waals surface area contributed by atoms with Crippen LogP contribution in [0.2, 0.25) is 0 Å². The smallest absolute Gasteiger partial charge is 0.263 e. The van der Waals surface area contributed by atoms with E-state index in [1.54, 1.807) is 25.6 Å². The molecular weight excluding hydrogens is 589 g/mol. The zero-order valence-electron chi connectivity index (χ0n) is 27.1. The molecule has 4 aromatic carbocycles. The van der Waals surface area contributed by atoms with Gasteiger partial charge in [0.05, 0.1) is 19.8 Å². The standard InChI is InChI=1S/C39H41N4O2S/c1-40-20-22-42(23-21-40)26-28-12-14-29(15-13-28)27-43-19-18-30(32-8-5-6-9-33(32)43)25-38-41(2)34-17-16-31(24-37(34)46-38)39-35(44-3)10-7-11-36(39)45-4/h5-19,24-25H,20-23,26-27H2,1-4H3/q+1. The van der Waals surface area contributed by atoms with Crippen LogP contribution in [-0.2, 0) is 20.1 Å². The Bertz CT molecular complexity index is 1900. The van der Waals surface area contributed by atoms with Gasteiger partial charge in [-0.3, -0.25) is 4.90 Å². The molecule has 0 spiro atoms. The van der Waals surface area contributed by atoms with Crippen LogP contribution in [0.3, 0.4) is 0 Å². The molecule has 1 fully saturated rings. The lowest BCUT2D eigenvalue weighted by Gasteiger charge is -2.32. The molecule has 0 unspecified atom stereocenters. The molecule has 6 nitrogen and oxygen atoms in total. The quantitative estimate of drug-likeness (QED) is 0.169. The zero-order valence-corrected chi connectivity index (χ0v) is 27.9. The van der Waals surface area contributed by atoms with E-state index in [1.807, 2.05) is 18.2 Å². The Balaban J connectivity index is 1.13. The highest BCUT2D eigenvalue weighted by atomic mass is 32.1. The van der Waals surface area contributed by atoms with Gasteiger partial charge in [-0.15, -0.1) is 0 Å². The van der Waals surface area contributed by atoms with Gasteiger partial charge in [-0.1, -0.05) is 59.9 Å². The third-order valence-corrected chi connectivity index (χ3v) is 10.3. The number of fused-ring (bicyclic) bond motifs is 2. The number of piperazine rings is 1. The molecule has 7 rings (SSSR count). The van der Waals surface area contributed by atoms with Crippen molar-refractivity contribution in [3.05, 3.63) is 119 Å². The van der Waals surface area contributed by atoms with E-state index in [1.165, 1.54) is 43.2 Å². The fraction of sp³-hybridized carbons (Fsp3) is 0.256. The molecule has 0 atom stereocenters. The van der Waals surface area contributed by atoms with E-state index in [0.29, 0.717) is 0 Å². The van der Waals surface area contributed by atoms with Crippen LogP contribution < -0.4 is 18.9 Å². The molecule has 0 bridgehead atoms. The lowest BCUT2D eigenvalue weighted by Crippen LogP contribution is -2.43. The molecule has 3 heterocycles. The molecule has 1 saturated heterocycles. The summed E-state index contributed by atoms with van der Waals surface area (Å²) in [6.07, 6.45) is 6.79. The molecule has 0 saturated carbocycles. The second-order valence-electron chi connectivity index (χ2n) is 12.2. The highest BCUT2D eigenvalue weighted by molar-refractivity contribution is 7.19. The third kappa shape index (κ3) is 6.06. The number of aryl methyl sites for hydroxylation is 1. The van der Waals surface area contributed by atoms with Gasteiger partial charge in [0.2, 0.25) is 5.52 Å². The number of rotatable bonds is 8. The van der Waals surface area contributed by atoms with Gasteiger partial charge in [0.1, 0.15) is 23.2 Å². The first-order valence-corrected chi connectivity index (χ1v) is 16.7. The molecule has 46 heavy (non-hydrogen) atoms. The number of aromatic nitrogens is 1. The summed E-state index contributed by atoms with van der Waals surface area (Å²) < 4.78 is 14.9. The normalized spacial score (nSPS) is 16.3. The fourth-order valence-electron chi connectivity index (χ4n) is 6.51. The topological polar surface area (TPSA) is 32.1 Å². The van der Waals surface area contributed by atoms with E-state index in [2.05, 4.69) is 118 Å². The summed E-state index contributed by atoms with van der Waals surface area (Å²) in [5.41, 5.74) is 9.63. The number of nitrogens with zero attached hydrogens (tertiary/aromatic N) is 4. The van der Waals surface area contributed by atoms with Crippen molar-refractivity contribution in [3.8, 4) is 22.6 Å². The molecule has 0 N–H and O–H groups in total. The number of ether oxygens (including phenoxy) is 2. The average molecular weight is 630 g/mol. The summed E-state index contributed by atoms with van der Waals surface area (Å²) >= 11 is 1.80. The van der Waals surface area contributed by atoms with Crippen LogP contribution in [0.4, 0.5) is 5.69 Å². The second kappa shape index (κ2) is 13.1. The lowest BCUT2D eigenvalue weighted by atomic mass is 9.99. The van der Waals surface area contributed by atoms with Crippen molar-refractivity contribution in [2.75, 3.05) is 52.3 Å². The van der Waals surface area contributed by atoms with Crippen LogP contribution in [0, 0.1) is 0 Å². The Morgan fingerprint density at radius 1 is 0.804 bits per heavy atom. The summed E-state index contributed by atoms with van der Waals surface area (Å²) in [7, 11) is 7.76. The van der Waals surface area contributed by atoms with Crippen molar-refractivity contribution in [1.29, 1.82) is 0 Å². The van der Waals surface area contributed by atoms with Gasteiger partial charge in [-0.25, -0.2) is 0 Å². The van der Waals surface area contributed by atoms with Crippen molar-refractivity contribution >= 4 is 38.9 Å². The number of hydrogen-bond donors (Lipinski definition) is 0. The van der Waals surface area contributed by atoms with Gasteiger partial charge < -0.3 is 19.3 Å². The number of likely N-dealkylation sites (N-methyl/N-ethyl adjacent to an activating group) is 1. The number of benzene rings is 4. The summed E-state index contributed by atoms with van der Waals surface area (Å²) in [6, 6.07) is 30.4. The molecule has 234 valence electrons. The fourth-order valence-corrected chi connectivity index (χ4v) is 7.65. The van der Waals surface area contributed by atoms with Gasteiger partial charge >= 0.3 is 0 Å². The van der Waals surface area contributed by atoms with E-state index in [0.717, 1.165) is 61.9 Å². The molecular formula is C39H41N4O2S+. The highest BCUT2D eigenvalue weighted by Crippen LogP contribution is 2.40. The number of methoxy groups -OCH3 is 2. The molecule has 1 aromatic heterocycles. The molecule has 0 aliphatic carbocycles. The minimum Gasteiger partial charge on any atom is -0.496 e. The number of allylic oxidation sites excluding steroid dienone is 2. The summed E-state index contributed by atoms with van der Waals surface area (Å²) in [5.74, 6) is 1.61. The van der Waals surface area contributed by atoms with E-state index < -0.39 is 0 Å². The van der Waals surface area contributed by atoms with Gasteiger partial charge in [0.15, 0.2) is 0 Å². The van der Waals surface area contributed by atoms with Crippen LogP contribution in [0.1, 0.15) is 21.7 Å². The van der Waals surface area contributed by atoms with Crippen LogP contribution >= 0.6 is 11.3 Å². The number of thiazole rings is 1. The van der Waals surface area contributed by atoms with Crippen molar-refractivity contribution in [1.82, 2.24) is 9.80 Å². The Morgan fingerprint density at radius 2 is 1.50 bits per heavy atom. The highest BCUT2D eigenvalue weighted by Gasteiger charge is 2.22. The molecule has 0 amide bonds. The van der Waals surface area contributed by atoms with Crippen molar-refractivity contribution in [3.63, 3.8) is 0 Å². The number of hydrogen-bond acceptors (Lipinski definition) is 6. The predicted octanol–water partition coefficient (Wildman–Crippen LogP) is 7.23. The van der Waals surface area contributed by atoms with Crippen molar-refractivity contribution in [2.24, 2.45) is 7.05 Å². The zero-order chi connectivity index (χ0) is 31.6. The maximum Gasteiger partial charge on any atom is 0.263 e. The predicted molar refractivity (Wildman–Crippen MR) is 190 cm³/mol. The van der Waals surface area contributed by atoms with Gasteiger partial charge in [0, 0.05) is 68.9 Å². The first kappa shape index (κ1) is 30.2. The minimum atomic E-state index is 0.803. The molecule has 2 aliphatic heterocycles. The molecule has 2 aliphatic rings. The monoisotopic (exact) mass is 629 g/mol. The summed E-state index contributed by atoms with van der Waals surface area (Å²) in [5, 5.41) is 1.19. The van der Waals surface area contributed by atoms with E-state index in [-0.39, 0.29) is 0 Å². The summed E-state index contributed by atoms with van der Waals surface area (Å²) in [4.78, 5) is 7.32. The van der Waals surface area contributed by atoms with Crippen LogP contribution in [0.25, 0.3) is 33.0 Å². The van der Waals surface area contributed by atoms with Crippen molar-refractivity contribution < 1.29 is 14.0 Å². The largest absolute Gasteiger partial charge is 0.496 e. The van der Waals surface area contributed by atoms with E-state index in [9.17, 15) is 0 Å². The van der Waals surface area contributed by atoms with Gasteiger partial charge in [0.25, 0.3) is 5.01 Å². The third-order valence-electron chi connectivity index (χ3n) is 9.20. The minimum absolute atomic E-state index is 0.803. The Morgan fingerprint density at radius 3 is 2.22 bits per heavy atom. The van der Waals surface area contributed by atoms with E-state index >= 15 is 0 Å². The van der Waals surface area contributed by atoms with Crippen molar-refractivity contribution in [2.45, 2.75) is 13.1 Å². The second-order valence-corrected chi connectivity index (χ2v) is 13.2. The Kier molecular flexibility index (Phi) is 8.63. The van der Waals surface area contributed by atoms with Crippen LogP contribution in [-0.4, -0.2) is 57.2 Å². The first-order chi connectivity index (χ1) is 22.5.